The van der Waals surface area contributed by atoms with E-state index in [0.29, 0.717) is 16.8 Å². The maximum atomic E-state index is 11.6. The van der Waals surface area contributed by atoms with Crippen LogP contribution in [0.15, 0.2) is 59.2 Å². The number of carboxylic acid groups (broad SMARTS) is 1. The summed E-state index contributed by atoms with van der Waals surface area (Å²) in [5.74, 6) is -0.708. The van der Waals surface area contributed by atoms with E-state index >= 15 is 0 Å². The number of aromatic carboxylic acids is 1. The van der Waals surface area contributed by atoms with Gasteiger partial charge in [-0.3, -0.25) is 0 Å². The predicted molar refractivity (Wildman–Crippen MR) is 81.7 cm³/mol. The van der Waals surface area contributed by atoms with Crippen LogP contribution in [0.1, 0.15) is 10.5 Å². The number of carbonyl (C=O) groups is 1. The molecule has 0 aliphatic carbocycles. The Labute approximate surface area is 124 Å². The summed E-state index contributed by atoms with van der Waals surface area (Å²) < 4.78 is 5.58. The number of fused-ring (bicyclic) bond motifs is 2. The number of hydrogen-bond donors (Lipinski definition) is 1. The Morgan fingerprint density at radius 3 is 2.41 bits per heavy atom. The Bertz CT molecular complexity index is 1020. The molecule has 1 N–H and O–H groups in total. The lowest BCUT2D eigenvalue weighted by Gasteiger charge is -2.05. The second-order valence-corrected chi connectivity index (χ2v) is 4.87. The quantitative estimate of drug-likeness (QED) is 0.608. The summed E-state index contributed by atoms with van der Waals surface area (Å²) in [7, 11) is 0. The molecule has 0 saturated carbocycles. The van der Waals surface area contributed by atoms with Crippen LogP contribution in [-0.2, 0) is 0 Å². The standard InChI is InChI=1S/C17H10N2O3/c20-17(21)15-14(18-12-7-3-4-8-13(12)19-15)16-11-6-2-1-5-10(11)9-22-16/h1-9H,(H,20,21). The fourth-order valence-corrected chi connectivity index (χ4v) is 2.48. The van der Waals surface area contributed by atoms with Gasteiger partial charge in [0.15, 0.2) is 11.5 Å². The highest BCUT2D eigenvalue weighted by atomic mass is 16.4. The summed E-state index contributed by atoms with van der Waals surface area (Å²) in [5, 5.41) is 11.2. The van der Waals surface area contributed by atoms with E-state index < -0.39 is 5.97 Å². The Morgan fingerprint density at radius 1 is 0.955 bits per heavy atom. The molecule has 22 heavy (non-hydrogen) atoms. The molecule has 0 spiro atoms. The fourth-order valence-electron chi connectivity index (χ4n) is 2.48. The second kappa shape index (κ2) is 4.66. The lowest BCUT2D eigenvalue weighted by atomic mass is 10.1. The summed E-state index contributed by atoms with van der Waals surface area (Å²) in [6.45, 7) is 0. The molecule has 0 atom stereocenters. The summed E-state index contributed by atoms with van der Waals surface area (Å²) in [4.78, 5) is 20.2. The second-order valence-electron chi connectivity index (χ2n) is 4.87. The van der Waals surface area contributed by atoms with Gasteiger partial charge in [-0.25, -0.2) is 14.8 Å². The molecule has 0 aliphatic heterocycles. The Kier molecular flexibility index (Phi) is 2.66. The minimum absolute atomic E-state index is 0.112. The normalized spacial score (nSPS) is 11.1. The number of aromatic nitrogens is 2. The van der Waals surface area contributed by atoms with Gasteiger partial charge >= 0.3 is 5.97 Å². The van der Waals surface area contributed by atoms with Crippen molar-refractivity contribution in [1.82, 2.24) is 9.97 Å². The molecule has 5 heteroatoms. The summed E-state index contributed by atoms with van der Waals surface area (Å²) in [5.41, 5.74) is 1.30. The number of hydrogen-bond acceptors (Lipinski definition) is 4. The molecular weight excluding hydrogens is 280 g/mol. The van der Waals surface area contributed by atoms with Gasteiger partial charge < -0.3 is 9.52 Å². The lowest BCUT2D eigenvalue weighted by molar-refractivity contribution is 0.0691. The minimum Gasteiger partial charge on any atom is -0.476 e. The Hall–Kier alpha value is -3.21. The average Bonchev–Trinajstić information content (AvgIpc) is 2.97. The molecular formula is C17H10N2O3. The van der Waals surface area contributed by atoms with Gasteiger partial charge in [0.05, 0.1) is 17.3 Å². The molecule has 5 nitrogen and oxygen atoms in total. The van der Waals surface area contributed by atoms with E-state index in [4.69, 9.17) is 4.42 Å². The van der Waals surface area contributed by atoms with Gasteiger partial charge in [0.1, 0.15) is 5.69 Å². The van der Waals surface area contributed by atoms with Crippen LogP contribution in [0, 0.1) is 0 Å². The van der Waals surface area contributed by atoms with Crippen LogP contribution in [0.5, 0.6) is 0 Å². The van der Waals surface area contributed by atoms with Crippen molar-refractivity contribution in [3.05, 3.63) is 60.5 Å². The van der Waals surface area contributed by atoms with Gasteiger partial charge in [0.25, 0.3) is 0 Å². The van der Waals surface area contributed by atoms with Crippen molar-refractivity contribution in [3.63, 3.8) is 0 Å². The molecule has 0 saturated heterocycles. The SMILES string of the molecule is O=C(O)c1nc2ccccc2nc1-c1occ2ccccc12. The van der Waals surface area contributed by atoms with Crippen LogP contribution >= 0.6 is 0 Å². The van der Waals surface area contributed by atoms with Crippen molar-refractivity contribution in [2.24, 2.45) is 0 Å². The topological polar surface area (TPSA) is 76.2 Å². The zero-order valence-electron chi connectivity index (χ0n) is 11.4. The van der Waals surface area contributed by atoms with Crippen LogP contribution < -0.4 is 0 Å². The molecule has 0 unspecified atom stereocenters. The molecule has 106 valence electrons. The van der Waals surface area contributed by atoms with Crippen LogP contribution in [0.2, 0.25) is 0 Å². The number of furan rings is 1. The fraction of sp³-hybridized carbons (Fsp3) is 0. The summed E-state index contributed by atoms with van der Waals surface area (Å²) >= 11 is 0. The highest BCUT2D eigenvalue weighted by Gasteiger charge is 2.21. The maximum Gasteiger partial charge on any atom is 0.356 e. The van der Waals surface area contributed by atoms with Crippen molar-refractivity contribution in [3.8, 4) is 11.5 Å². The third-order valence-electron chi connectivity index (χ3n) is 3.50. The van der Waals surface area contributed by atoms with Gasteiger partial charge in [0.2, 0.25) is 0 Å². The molecule has 2 heterocycles. The Morgan fingerprint density at radius 2 is 1.64 bits per heavy atom. The molecule has 4 rings (SSSR count). The van der Waals surface area contributed by atoms with E-state index in [1.165, 1.54) is 0 Å². The third-order valence-corrected chi connectivity index (χ3v) is 3.50. The molecule has 0 aliphatic rings. The van der Waals surface area contributed by atoms with Crippen LogP contribution in [-0.4, -0.2) is 21.0 Å². The molecule has 2 aromatic carbocycles. The third kappa shape index (κ3) is 1.83. The maximum absolute atomic E-state index is 11.6. The van der Waals surface area contributed by atoms with Crippen molar-refractivity contribution in [1.29, 1.82) is 0 Å². The molecule has 2 aromatic heterocycles. The highest BCUT2D eigenvalue weighted by Crippen LogP contribution is 2.31. The zero-order valence-corrected chi connectivity index (χ0v) is 11.4. The molecule has 0 fully saturated rings. The van der Waals surface area contributed by atoms with Gasteiger partial charge in [-0.15, -0.1) is 0 Å². The van der Waals surface area contributed by atoms with E-state index in [0.717, 1.165) is 10.8 Å². The molecule has 0 bridgehead atoms. The molecule has 4 aromatic rings. The van der Waals surface area contributed by atoms with Crippen LogP contribution in [0.3, 0.4) is 0 Å². The summed E-state index contributed by atoms with van der Waals surface area (Å²) in [6.07, 6.45) is 1.59. The van der Waals surface area contributed by atoms with Gasteiger partial charge in [0, 0.05) is 10.8 Å². The smallest absolute Gasteiger partial charge is 0.356 e. The minimum atomic E-state index is -1.13. The summed E-state index contributed by atoms with van der Waals surface area (Å²) in [6, 6.07) is 14.7. The predicted octanol–water partition coefficient (Wildman–Crippen LogP) is 3.74. The van der Waals surface area contributed by atoms with Crippen molar-refractivity contribution in [2.45, 2.75) is 0 Å². The first-order chi connectivity index (χ1) is 10.7. The number of para-hydroxylation sites is 2. The van der Waals surface area contributed by atoms with E-state index in [2.05, 4.69) is 9.97 Å². The Balaban J connectivity index is 2.08. The van der Waals surface area contributed by atoms with Crippen molar-refractivity contribution in [2.75, 3.05) is 0 Å². The number of rotatable bonds is 2. The number of benzene rings is 2. The van der Waals surface area contributed by atoms with Gasteiger partial charge in [-0.1, -0.05) is 36.4 Å². The monoisotopic (exact) mass is 290 g/mol. The number of carboxylic acids is 1. The first-order valence-electron chi connectivity index (χ1n) is 6.71. The molecule has 0 amide bonds. The zero-order chi connectivity index (χ0) is 15.1. The van der Waals surface area contributed by atoms with Gasteiger partial charge in [-0.05, 0) is 12.1 Å². The largest absolute Gasteiger partial charge is 0.476 e. The first-order valence-corrected chi connectivity index (χ1v) is 6.71. The van der Waals surface area contributed by atoms with E-state index in [1.54, 1.807) is 24.5 Å². The van der Waals surface area contributed by atoms with E-state index in [-0.39, 0.29) is 11.4 Å². The van der Waals surface area contributed by atoms with E-state index in [1.807, 2.05) is 30.3 Å². The highest BCUT2D eigenvalue weighted by molar-refractivity contribution is 6.01. The van der Waals surface area contributed by atoms with Gasteiger partial charge in [-0.2, -0.15) is 0 Å². The first kappa shape index (κ1) is 12.5. The van der Waals surface area contributed by atoms with Crippen LogP contribution in [0.4, 0.5) is 0 Å². The van der Waals surface area contributed by atoms with Crippen molar-refractivity contribution < 1.29 is 14.3 Å². The number of nitrogens with zero attached hydrogens (tertiary/aromatic N) is 2. The average molecular weight is 290 g/mol. The van der Waals surface area contributed by atoms with Crippen molar-refractivity contribution >= 4 is 27.8 Å². The molecule has 0 radical (unpaired) electrons. The lowest BCUT2D eigenvalue weighted by Crippen LogP contribution is -2.05. The van der Waals surface area contributed by atoms with E-state index in [9.17, 15) is 9.90 Å². The van der Waals surface area contributed by atoms with Crippen LogP contribution in [0.25, 0.3) is 33.3 Å².